The summed E-state index contributed by atoms with van der Waals surface area (Å²) in [6.07, 6.45) is -20.3. The molecule has 0 unspecified atom stereocenters. The highest BCUT2D eigenvalue weighted by atomic mass is 16.8. The largest absolute Gasteiger partial charge is 0.481 e. The number of carbonyl (C=O) groups excluding carboxylic acids is 1. The van der Waals surface area contributed by atoms with Crippen LogP contribution in [0, 0.1) is 56.7 Å². The number of esters is 1. The summed E-state index contributed by atoms with van der Waals surface area (Å²) in [7, 11) is 0. The van der Waals surface area contributed by atoms with Crippen LogP contribution in [0.25, 0.3) is 0 Å². The van der Waals surface area contributed by atoms with Gasteiger partial charge in [-0.2, -0.15) is 0 Å². The summed E-state index contributed by atoms with van der Waals surface area (Å²) in [5.41, 5.74) is -4.84. The summed E-state index contributed by atoms with van der Waals surface area (Å²) in [5, 5.41) is 131. The maximum absolute atomic E-state index is 15.0. The first-order chi connectivity index (χ1) is 31.7. The average Bonchev–Trinajstić information content (AvgIpc) is 3.62. The topological polar surface area (TPSA) is 332 Å². The molecule has 8 aliphatic rings. The molecule has 12 N–H and O–H groups in total. The number of carbonyl (C=O) groups is 2. The Balaban J connectivity index is 0.983. The van der Waals surface area contributed by atoms with Gasteiger partial charge in [-0.1, -0.05) is 34.6 Å². The molecule has 3 saturated heterocycles. The molecule has 0 spiro atoms. The first-order valence-corrected chi connectivity index (χ1v) is 24.8. The van der Waals surface area contributed by atoms with E-state index in [2.05, 4.69) is 20.8 Å². The zero-order chi connectivity index (χ0) is 50.0. The highest BCUT2D eigenvalue weighted by Crippen LogP contribution is 2.78. The standard InChI is InChI=1S/C48H78O20/c1-20(2)48(62)17-16-47(15-14-44(5)22(37(47)48)8-9-25-43(4)12-11-27(50)46(7,41(59)60)26(43)10-13-45(25,44)6)42(61)68-40-34(57)31(54)29(52)24(66-40)19-63-38-35(58)32(55)36(23(18-49)65-38)67-39-33(56)30(53)28(51)21(3)64-39/h20-40,49-58,62H,8-19H2,1-7H3,(H,59,60)/t21-,22+,23+,24+,25+,26+,27+,28-,29+,30+,31-,32+,33+,34+,35+,36+,37+,38+,39-,40-,43+,44+,45+,46-,47+,48+/m0/s1. The fraction of sp³-hybridized carbons (Fsp3) is 0.958. The zero-order valence-corrected chi connectivity index (χ0v) is 40.2. The second kappa shape index (κ2) is 18.3. The van der Waals surface area contributed by atoms with Crippen molar-refractivity contribution in [1.82, 2.24) is 0 Å². The number of fused-ring (bicyclic) bond motifs is 7. The smallest absolute Gasteiger partial charge is 0.314 e. The maximum atomic E-state index is 15.0. The lowest BCUT2D eigenvalue weighted by molar-refractivity contribution is -0.361. The quantitative estimate of drug-likeness (QED) is 0.120. The number of carboxylic acid groups (broad SMARTS) is 1. The van der Waals surface area contributed by atoms with E-state index in [1.54, 1.807) is 6.92 Å². The highest BCUT2D eigenvalue weighted by molar-refractivity contribution is 5.79. The van der Waals surface area contributed by atoms with Gasteiger partial charge in [0.15, 0.2) is 12.6 Å². The van der Waals surface area contributed by atoms with E-state index in [1.807, 2.05) is 13.8 Å². The van der Waals surface area contributed by atoms with E-state index in [9.17, 15) is 66.1 Å². The predicted molar refractivity (Wildman–Crippen MR) is 232 cm³/mol. The number of aliphatic carboxylic acids is 1. The SMILES string of the molecule is CC(C)[C@]1(O)CC[C@]2(C(=O)O[C@@H]3O[C@H](CO[C@@H]4O[C@H](CO)[C@@H](O[C@@H]5O[C@@H](C)[C@H](O)[C@@H](O)[C@H]5O)[C@H](O)[C@H]4O)[C@@H](O)[C@H](O)[C@H]3O)CC[C@]3(C)[C@H](CC[C@@H]4[C@@]5(C)CC[C@@H](O)[C@@](C)(C(=O)O)[C@@H]5CC[C@]43C)[C@H]21. The summed E-state index contributed by atoms with van der Waals surface area (Å²) in [6, 6.07) is 0. The minimum atomic E-state index is -1.91. The lowest BCUT2D eigenvalue weighted by atomic mass is 9.32. The number of carboxylic acids is 1. The van der Waals surface area contributed by atoms with Gasteiger partial charge in [0.1, 0.15) is 67.1 Å². The van der Waals surface area contributed by atoms with Crippen molar-refractivity contribution in [1.29, 1.82) is 0 Å². The lowest BCUT2D eigenvalue weighted by Gasteiger charge is -2.72. The van der Waals surface area contributed by atoms with E-state index in [1.165, 1.54) is 6.92 Å². The number of aliphatic hydroxyl groups excluding tert-OH is 10. The van der Waals surface area contributed by atoms with Crippen molar-refractivity contribution in [2.24, 2.45) is 56.7 Å². The van der Waals surface area contributed by atoms with Gasteiger partial charge in [0, 0.05) is 5.92 Å². The van der Waals surface area contributed by atoms with Gasteiger partial charge in [0.25, 0.3) is 0 Å². The Morgan fingerprint density at radius 1 is 0.647 bits per heavy atom. The minimum Gasteiger partial charge on any atom is -0.481 e. The van der Waals surface area contributed by atoms with Crippen molar-refractivity contribution in [2.75, 3.05) is 13.2 Å². The molecule has 3 heterocycles. The summed E-state index contributed by atoms with van der Waals surface area (Å²) >= 11 is 0. The molecule has 0 bridgehead atoms. The van der Waals surface area contributed by atoms with Crippen molar-refractivity contribution in [3.8, 4) is 0 Å². The molecule has 20 heteroatoms. The number of hydrogen-bond acceptors (Lipinski definition) is 19. The molecule has 68 heavy (non-hydrogen) atoms. The van der Waals surface area contributed by atoms with Gasteiger partial charge in [-0.15, -0.1) is 0 Å². The van der Waals surface area contributed by atoms with Crippen LogP contribution in [0.3, 0.4) is 0 Å². The fourth-order valence-electron chi connectivity index (χ4n) is 15.8. The number of rotatable bonds is 10. The van der Waals surface area contributed by atoms with Gasteiger partial charge in [0.05, 0.1) is 41.9 Å². The monoisotopic (exact) mass is 975 g/mol. The van der Waals surface area contributed by atoms with Gasteiger partial charge in [-0.3, -0.25) is 9.59 Å². The van der Waals surface area contributed by atoms with Crippen LogP contribution in [0.15, 0.2) is 0 Å². The highest BCUT2D eigenvalue weighted by Gasteiger charge is 2.75. The molecule has 3 aliphatic heterocycles. The molecular formula is C48H78O20. The van der Waals surface area contributed by atoms with Crippen LogP contribution >= 0.6 is 0 Å². The summed E-state index contributed by atoms with van der Waals surface area (Å²) in [4.78, 5) is 27.9. The molecular weight excluding hydrogens is 897 g/mol. The first-order valence-electron chi connectivity index (χ1n) is 24.8. The van der Waals surface area contributed by atoms with E-state index in [0.29, 0.717) is 44.9 Å². The predicted octanol–water partition coefficient (Wildman–Crippen LogP) is -0.716. The van der Waals surface area contributed by atoms with Crippen LogP contribution in [0.4, 0.5) is 0 Å². The van der Waals surface area contributed by atoms with Crippen molar-refractivity contribution in [3.05, 3.63) is 0 Å². The molecule has 26 atom stereocenters. The third-order valence-electron chi connectivity index (χ3n) is 20.3. The van der Waals surface area contributed by atoms with Crippen LogP contribution in [-0.4, -0.2) is 190 Å². The van der Waals surface area contributed by atoms with Gasteiger partial charge in [-0.05, 0) is 118 Å². The Morgan fingerprint density at radius 3 is 1.91 bits per heavy atom. The fourth-order valence-corrected chi connectivity index (χ4v) is 15.8. The van der Waals surface area contributed by atoms with Crippen LogP contribution in [0.5, 0.6) is 0 Å². The molecule has 0 aromatic rings. The molecule has 0 aromatic heterocycles. The number of aliphatic hydroxyl groups is 11. The molecule has 8 rings (SSSR count). The van der Waals surface area contributed by atoms with Crippen molar-refractivity contribution < 1.29 is 99.3 Å². The summed E-state index contributed by atoms with van der Waals surface area (Å²) in [5.74, 6) is -2.79. The molecule has 0 radical (unpaired) electrons. The van der Waals surface area contributed by atoms with E-state index in [4.69, 9.17) is 28.4 Å². The zero-order valence-electron chi connectivity index (χ0n) is 40.2. The van der Waals surface area contributed by atoms with Crippen molar-refractivity contribution >= 4 is 11.9 Å². The van der Waals surface area contributed by atoms with E-state index < -0.39 is 146 Å². The maximum Gasteiger partial charge on any atom is 0.314 e. The van der Waals surface area contributed by atoms with E-state index in [-0.39, 0.29) is 46.3 Å². The van der Waals surface area contributed by atoms with Crippen LogP contribution in [-0.2, 0) is 38.0 Å². The number of hydrogen-bond donors (Lipinski definition) is 12. The van der Waals surface area contributed by atoms with Crippen LogP contribution in [0.1, 0.15) is 113 Å². The normalized spacial score (nSPS) is 55.9. The van der Waals surface area contributed by atoms with Gasteiger partial charge < -0.3 is 89.7 Å². The third-order valence-corrected chi connectivity index (χ3v) is 20.3. The number of ether oxygens (including phenoxy) is 6. The summed E-state index contributed by atoms with van der Waals surface area (Å²) in [6.45, 7) is 12.4. The first kappa shape index (κ1) is 52.6. The lowest BCUT2D eigenvalue weighted by Crippen LogP contribution is -2.69. The van der Waals surface area contributed by atoms with E-state index in [0.717, 1.165) is 12.8 Å². The minimum absolute atomic E-state index is 0.125. The van der Waals surface area contributed by atoms with Crippen molar-refractivity contribution in [2.45, 2.75) is 216 Å². The van der Waals surface area contributed by atoms with Gasteiger partial charge in [0.2, 0.25) is 6.29 Å². The van der Waals surface area contributed by atoms with Crippen molar-refractivity contribution in [3.63, 3.8) is 0 Å². The average molecular weight is 975 g/mol. The Kier molecular flexibility index (Phi) is 14.2. The van der Waals surface area contributed by atoms with E-state index >= 15 is 4.79 Å². The Bertz CT molecular complexity index is 1860. The Morgan fingerprint density at radius 2 is 1.26 bits per heavy atom. The van der Waals surface area contributed by atoms with Gasteiger partial charge in [-0.25, -0.2) is 0 Å². The molecule has 5 aliphatic carbocycles. The summed E-state index contributed by atoms with van der Waals surface area (Å²) < 4.78 is 34.6. The Hall–Kier alpha value is -1.70. The molecule has 0 amide bonds. The van der Waals surface area contributed by atoms with Crippen LogP contribution < -0.4 is 0 Å². The van der Waals surface area contributed by atoms with Crippen LogP contribution in [0.2, 0.25) is 0 Å². The van der Waals surface area contributed by atoms with Gasteiger partial charge >= 0.3 is 11.9 Å². The Labute approximate surface area is 396 Å². The molecule has 5 saturated carbocycles. The molecule has 390 valence electrons. The molecule has 20 nitrogen and oxygen atoms in total. The molecule has 8 fully saturated rings. The second-order valence-corrected chi connectivity index (χ2v) is 23.3. The second-order valence-electron chi connectivity index (χ2n) is 23.3. The molecule has 0 aromatic carbocycles. The third kappa shape index (κ3) is 7.67.